The van der Waals surface area contributed by atoms with Crippen LogP contribution in [0.5, 0.6) is 0 Å². The lowest BCUT2D eigenvalue weighted by molar-refractivity contribution is -0.137. The van der Waals surface area contributed by atoms with Gasteiger partial charge in [-0.1, -0.05) is 0 Å². The lowest BCUT2D eigenvalue weighted by Gasteiger charge is -2.35. The minimum atomic E-state index is -4.47. The van der Waals surface area contributed by atoms with Crippen molar-refractivity contribution in [2.75, 3.05) is 18.0 Å². The van der Waals surface area contributed by atoms with Gasteiger partial charge in [-0.3, -0.25) is 4.79 Å². The smallest absolute Gasteiger partial charge is 0.371 e. The predicted octanol–water partition coefficient (Wildman–Crippen LogP) is 2.89. The highest BCUT2D eigenvalue weighted by atomic mass is 19.4. The van der Waals surface area contributed by atoms with E-state index in [4.69, 9.17) is 4.74 Å². The van der Waals surface area contributed by atoms with E-state index in [1.807, 2.05) is 0 Å². The van der Waals surface area contributed by atoms with Crippen LogP contribution in [0, 0.1) is 0 Å². The van der Waals surface area contributed by atoms with Crippen LogP contribution >= 0.6 is 0 Å². The van der Waals surface area contributed by atoms with E-state index in [0.29, 0.717) is 19.4 Å². The molecule has 2 unspecified atom stereocenters. The Morgan fingerprint density at radius 1 is 1.20 bits per heavy atom. The highest BCUT2D eigenvalue weighted by Gasteiger charge is 2.39. The number of aldehydes is 1. The van der Waals surface area contributed by atoms with Gasteiger partial charge in [0.25, 0.3) is 0 Å². The Labute approximate surface area is 114 Å². The molecular formula is C14H14F3NO2. The minimum Gasteiger partial charge on any atom is -0.371 e. The van der Waals surface area contributed by atoms with Gasteiger partial charge < -0.3 is 9.64 Å². The van der Waals surface area contributed by atoms with Crippen LogP contribution in [-0.4, -0.2) is 31.6 Å². The zero-order chi connectivity index (χ0) is 14.3. The molecule has 2 aliphatic rings. The average molecular weight is 285 g/mol. The summed E-state index contributed by atoms with van der Waals surface area (Å²) in [6.07, 6.45) is -2.21. The number of hydrogen-bond acceptors (Lipinski definition) is 3. The molecule has 0 aliphatic carbocycles. The summed E-state index contributed by atoms with van der Waals surface area (Å²) in [5.74, 6) is 0. The number of morpholine rings is 1. The first-order chi connectivity index (χ1) is 9.47. The van der Waals surface area contributed by atoms with Crippen molar-refractivity contribution < 1.29 is 22.7 Å². The molecule has 3 rings (SSSR count). The number of halogens is 3. The number of hydrogen-bond donors (Lipinski definition) is 0. The van der Waals surface area contributed by atoms with E-state index in [0.717, 1.165) is 18.9 Å². The fourth-order valence-corrected chi connectivity index (χ4v) is 2.94. The molecule has 1 aromatic rings. The number of benzene rings is 1. The number of anilines is 1. The largest absolute Gasteiger partial charge is 0.418 e. The fraction of sp³-hybridized carbons (Fsp3) is 0.500. The maximum absolute atomic E-state index is 13.2. The van der Waals surface area contributed by atoms with Crippen molar-refractivity contribution in [3.8, 4) is 0 Å². The molecule has 2 heterocycles. The highest BCUT2D eigenvalue weighted by molar-refractivity contribution is 5.77. The van der Waals surface area contributed by atoms with Crippen molar-refractivity contribution in [1.29, 1.82) is 0 Å². The summed E-state index contributed by atoms with van der Waals surface area (Å²) in [6, 6.07) is 3.73. The van der Waals surface area contributed by atoms with Crippen LogP contribution in [0.25, 0.3) is 0 Å². The molecule has 0 spiro atoms. The molecule has 0 aromatic heterocycles. The molecule has 0 saturated carbocycles. The molecule has 6 heteroatoms. The standard InChI is InChI=1S/C14H14F3NO2/c15-14(16,17)12-5-9(8-19)1-4-13(12)18-6-10-2-3-11(7-18)20-10/h1,4-5,8,10-11H,2-3,6-7H2. The van der Waals surface area contributed by atoms with Crippen molar-refractivity contribution in [2.45, 2.75) is 31.2 Å². The zero-order valence-electron chi connectivity index (χ0n) is 10.7. The second-order valence-electron chi connectivity index (χ2n) is 5.25. The number of ether oxygens (including phenoxy) is 1. The summed E-state index contributed by atoms with van der Waals surface area (Å²) < 4.78 is 45.1. The predicted molar refractivity (Wildman–Crippen MR) is 66.9 cm³/mol. The van der Waals surface area contributed by atoms with Crippen LogP contribution in [0.1, 0.15) is 28.8 Å². The van der Waals surface area contributed by atoms with E-state index < -0.39 is 11.7 Å². The lowest BCUT2D eigenvalue weighted by Crippen LogP contribution is -2.43. The number of carbonyl (C=O) groups excluding carboxylic acids is 1. The monoisotopic (exact) mass is 285 g/mol. The molecule has 0 N–H and O–H groups in total. The zero-order valence-corrected chi connectivity index (χ0v) is 10.7. The molecule has 0 radical (unpaired) electrons. The van der Waals surface area contributed by atoms with E-state index in [9.17, 15) is 18.0 Å². The van der Waals surface area contributed by atoms with Gasteiger partial charge in [-0.25, -0.2) is 0 Å². The summed E-state index contributed by atoms with van der Waals surface area (Å²) in [6.45, 7) is 0.944. The molecule has 2 aliphatic heterocycles. The van der Waals surface area contributed by atoms with Crippen molar-refractivity contribution in [3.63, 3.8) is 0 Å². The lowest BCUT2D eigenvalue weighted by atomic mass is 10.1. The Bertz CT molecular complexity index is 518. The number of fused-ring (bicyclic) bond motifs is 2. The van der Waals surface area contributed by atoms with Crippen LogP contribution < -0.4 is 4.90 Å². The van der Waals surface area contributed by atoms with Gasteiger partial charge in [-0.2, -0.15) is 13.2 Å². The first kappa shape index (κ1) is 13.4. The van der Waals surface area contributed by atoms with Gasteiger partial charge in [0, 0.05) is 24.3 Å². The topological polar surface area (TPSA) is 29.5 Å². The molecular weight excluding hydrogens is 271 g/mol. The van der Waals surface area contributed by atoms with Crippen LogP contribution in [0.2, 0.25) is 0 Å². The van der Waals surface area contributed by atoms with E-state index in [-0.39, 0.29) is 23.5 Å². The first-order valence-electron chi connectivity index (χ1n) is 6.54. The van der Waals surface area contributed by atoms with E-state index in [1.54, 1.807) is 4.90 Å². The van der Waals surface area contributed by atoms with Crippen LogP contribution in [0.15, 0.2) is 18.2 Å². The second kappa shape index (κ2) is 4.77. The molecule has 0 amide bonds. The fourth-order valence-electron chi connectivity index (χ4n) is 2.94. The Morgan fingerprint density at radius 2 is 1.85 bits per heavy atom. The van der Waals surface area contributed by atoms with E-state index in [2.05, 4.69) is 0 Å². The molecule has 2 bridgehead atoms. The Morgan fingerprint density at radius 3 is 2.40 bits per heavy atom. The summed E-state index contributed by atoms with van der Waals surface area (Å²) in [5.41, 5.74) is -0.566. The van der Waals surface area contributed by atoms with Crippen molar-refractivity contribution in [1.82, 2.24) is 0 Å². The molecule has 1 aromatic carbocycles. The molecule has 3 nitrogen and oxygen atoms in total. The number of nitrogens with zero attached hydrogens (tertiary/aromatic N) is 1. The quantitative estimate of drug-likeness (QED) is 0.783. The van der Waals surface area contributed by atoms with Crippen LogP contribution in [0.3, 0.4) is 0 Å². The van der Waals surface area contributed by atoms with Crippen LogP contribution in [0.4, 0.5) is 18.9 Å². The third-order valence-corrected chi connectivity index (χ3v) is 3.85. The first-order valence-corrected chi connectivity index (χ1v) is 6.54. The number of rotatable bonds is 2. The maximum atomic E-state index is 13.2. The van der Waals surface area contributed by atoms with Crippen molar-refractivity contribution in [2.24, 2.45) is 0 Å². The number of alkyl halides is 3. The summed E-state index contributed by atoms with van der Waals surface area (Å²) >= 11 is 0. The van der Waals surface area contributed by atoms with Crippen LogP contribution in [-0.2, 0) is 10.9 Å². The van der Waals surface area contributed by atoms with Gasteiger partial charge in [0.15, 0.2) is 0 Å². The third kappa shape index (κ3) is 2.40. The highest BCUT2D eigenvalue weighted by Crippen LogP contribution is 2.39. The van der Waals surface area contributed by atoms with Crippen molar-refractivity contribution >= 4 is 12.0 Å². The molecule has 20 heavy (non-hydrogen) atoms. The van der Waals surface area contributed by atoms with Gasteiger partial charge in [0.05, 0.1) is 17.8 Å². The maximum Gasteiger partial charge on any atom is 0.418 e. The summed E-state index contributed by atoms with van der Waals surface area (Å²) in [7, 11) is 0. The third-order valence-electron chi connectivity index (χ3n) is 3.85. The molecule has 2 saturated heterocycles. The average Bonchev–Trinajstić information content (AvgIpc) is 2.76. The van der Waals surface area contributed by atoms with Crippen molar-refractivity contribution in [3.05, 3.63) is 29.3 Å². The Balaban J connectivity index is 1.98. The van der Waals surface area contributed by atoms with E-state index >= 15 is 0 Å². The normalized spacial score (nSPS) is 25.9. The second-order valence-corrected chi connectivity index (χ2v) is 5.25. The molecule has 2 atom stereocenters. The van der Waals surface area contributed by atoms with E-state index in [1.165, 1.54) is 12.1 Å². The number of carbonyl (C=O) groups is 1. The van der Waals surface area contributed by atoms with Gasteiger partial charge in [-0.05, 0) is 31.0 Å². The van der Waals surface area contributed by atoms with Gasteiger partial charge in [-0.15, -0.1) is 0 Å². The minimum absolute atomic E-state index is 0.0144. The summed E-state index contributed by atoms with van der Waals surface area (Å²) in [5, 5.41) is 0. The Hall–Kier alpha value is -1.56. The molecule has 108 valence electrons. The van der Waals surface area contributed by atoms with Gasteiger partial charge in [0.2, 0.25) is 0 Å². The summed E-state index contributed by atoms with van der Waals surface area (Å²) in [4.78, 5) is 12.4. The molecule has 2 fully saturated rings. The Kier molecular flexibility index (Phi) is 3.20. The SMILES string of the molecule is O=Cc1ccc(N2CC3CCC(C2)O3)c(C(F)(F)F)c1. The van der Waals surface area contributed by atoms with Gasteiger partial charge >= 0.3 is 6.18 Å². The van der Waals surface area contributed by atoms with Gasteiger partial charge in [0.1, 0.15) is 6.29 Å².